The van der Waals surface area contributed by atoms with Gasteiger partial charge in [0.05, 0.1) is 7.11 Å². The monoisotopic (exact) mass is 295 g/mol. The summed E-state index contributed by atoms with van der Waals surface area (Å²) in [5.74, 6) is 2.54. The van der Waals surface area contributed by atoms with Crippen LogP contribution in [0.5, 0.6) is 5.75 Å². The molecule has 0 saturated carbocycles. The van der Waals surface area contributed by atoms with Gasteiger partial charge < -0.3 is 10.1 Å². The first-order valence-corrected chi connectivity index (χ1v) is 7.85. The van der Waals surface area contributed by atoms with Crippen LogP contribution in [0.4, 0.5) is 10.8 Å². The van der Waals surface area contributed by atoms with E-state index in [9.17, 15) is 0 Å². The van der Waals surface area contributed by atoms with Gasteiger partial charge in [-0.1, -0.05) is 43.0 Å². The first-order chi connectivity index (χ1) is 9.17. The molecule has 0 aliphatic rings. The Labute approximate surface area is 121 Å². The predicted octanol–water partition coefficient (Wildman–Crippen LogP) is 4.04. The molecule has 0 radical (unpaired) electrons. The van der Waals surface area contributed by atoms with E-state index < -0.39 is 0 Å². The molecule has 1 aromatic heterocycles. The summed E-state index contributed by atoms with van der Waals surface area (Å²) >= 11 is 3.32. The van der Waals surface area contributed by atoms with Gasteiger partial charge in [0.15, 0.2) is 4.34 Å². The normalized spacial score (nSPS) is 10.7. The average Bonchev–Trinajstić information content (AvgIpc) is 2.84. The molecule has 19 heavy (non-hydrogen) atoms. The maximum Gasteiger partial charge on any atom is 0.210 e. The van der Waals surface area contributed by atoms with E-state index in [-0.39, 0.29) is 0 Å². The van der Waals surface area contributed by atoms with Crippen LogP contribution in [0.15, 0.2) is 28.6 Å². The van der Waals surface area contributed by atoms with Crippen molar-refractivity contribution in [1.29, 1.82) is 0 Å². The lowest BCUT2D eigenvalue weighted by Crippen LogP contribution is -1.90. The van der Waals surface area contributed by atoms with E-state index in [0.717, 1.165) is 26.7 Å². The van der Waals surface area contributed by atoms with E-state index >= 15 is 0 Å². The highest BCUT2D eigenvalue weighted by molar-refractivity contribution is 8.01. The Kier molecular flexibility index (Phi) is 5.04. The third kappa shape index (κ3) is 4.40. The third-order valence-electron chi connectivity index (χ3n) is 2.27. The Morgan fingerprint density at radius 2 is 2.21 bits per heavy atom. The molecule has 0 atom stereocenters. The Morgan fingerprint density at radius 3 is 2.95 bits per heavy atom. The van der Waals surface area contributed by atoms with Crippen LogP contribution in [0.1, 0.15) is 13.8 Å². The fourth-order valence-corrected chi connectivity index (χ4v) is 3.13. The minimum absolute atomic E-state index is 0.656. The van der Waals surface area contributed by atoms with Crippen molar-refractivity contribution in [2.75, 3.05) is 18.2 Å². The lowest BCUT2D eigenvalue weighted by Gasteiger charge is -2.04. The number of hydrogen-bond acceptors (Lipinski definition) is 6. The van der Waals surface area contributed by atoms with E-state index in [1.54, 1.807) is 30.2 Å². The van der Waals surface area contributed by atoms with Crippen LogP contribution in [-0.2, 0) is 0 Å². The van der Waals surface area contributed by atoms with Crippen LogP contribution in [-0.4, -0.2) is 23.1 Å². The Morgan fingerprint density at radius 1 is 1.37 bits per heavy atom. The van der Waals surface area contributed by atoms with Crippen molar-refractivity contribution in [3.05, 3.63) is 24.3 Å². The van der Waals surface area contributed by atoms with Crippen LogP contribution in [0.2, 0.25) is 0 Å². The zero-order chi connectivity index (χ0) is 13.7. The summed E-state index contributed by atoms with van der Waals surface area (Å²) < 4.78 is 6.19. The predicted molar refractivity (Wildman–Crippen MR) is 81.7 cm³/mol. The molecule has 2 aromatic rings. The number of nitrogens with one attached hydrogen (secondary N) is 1. The summed E-state index contributed by atoms with van der Waals surface area (Å²) in [5.41, 5.74) is 0.955. The van der Waals surface area contributed by atoms with E-state index in [1.807, 2.05) is 24.3 Å². The highest BCUT2D eigenvalue weighted by Gasteiger charge is 2.06. The lowest BCUT2D eigenvalue weighted by atomic mass is 10.3. The van der Waals surface area contributed by atoms with Gasteiger partial charge in [-0.25, -0.2) is 0 Å². The zero-order valence-corrected chi connectivity index (χ0v) is 12.8. The third-order valence-corrected chi connectivity index (χ3v) is 4.67. The molecule has 0 amide bonds. The standard InChI is InChI=1S/C13H17N3OS2/c1-9(2)8-18-13-16-15-12(19-13)14-10-5-4-6-11(7-10)17-3/h4-7,9H,8H2,1-3H3,(H,14,15). The number of aromatic nitrogens is 2. The summed E-state index contributed by atoms with van der Waals surface area (Å²) in [6.07, 6.45) is 0. The molecule has 0 aliphatic heterocycles. The van der Waals surface area contributed by atoms with E-state index in [4.69, 9.17) is 4.74 Å². The number of ether oxygens (including phenoxy) is 1. The SMILES string of the molecule is COc1cccc(Nc2nnc(SCC(C)C)s2)c1. The van der Waals surface area contributed by atoms with Crippen molar-refractivity contribution in [2.45, 2.75) is 18.2 Å². The number of benzene rings is 1. The molecule has 6 heteroatoms. The van der Waals surface area contributed by atoms with Crippen molar-refractivity contribution < 1.29 is 4.74 Å². The zero-order valence-electron chi connectivity index (χ0n) is 11.2. The Balaban J connectivity index is 1.99. The largest absolute Gasteiger partial charge is 0.497 e. The van der Waals surface area contributed by atoms with E-state index in [0.29, 0.717) is 5.92 Å². The topological polar surface area (TPSA) is 47.0 Å². The number of rotatable bonds is 6. The quantitative estimate of drug-likeness (QED) is 0.815. The van der Waals surface area contributed by atoms with Gasteiger partial charge in [0.1, 0.15) is 5.75 Å². The van der Waals surface area contributed by atoms with Gasteiger partial charge in [-0.15, -0.1) is 10.2 Å². The number of anilines is 2. The maximum atomic E-state index is 5.19. The molecule has 1 aromatic carbocycles. The first-order valence-electron chi connectivity index (χ1n) is 6.04. The highest BCUT2D eigenvalue weighted by Crippen LogP contribution is 2.29. The molecule has 0 bridgehead atoms. The van der Waals surface area contributed by atoms with Gasteiger partial charge in [-0.2, -0.15) is 0 Å². The summed E-state index contributed by atoms with van der Waals surface area (Å²) in [4.78, 5) is 0. The van der Waals surface area contributed by atoms with E-state index in [2.05, 4.69) is 29.4 Å². The van der Waals surface area contributed by atoms with Crippen molar-refractivity contribution >= 4 is 33.9 Å². The first kappa shape index (κ1) is 14.1. The fraction of sp³-hybridized carbons (Fsp3) is 0.385. The Hall–Kier alpha value is -1.27. The molecule has 1 N–H and O–H groups in total. The molecule has 102 valence electrons. The van der Waals surface area contributed by atoms with Gasteiger partial charge in [-0.3, -0.25) is 0 Å². The van der Waals surface area contributed by atoms with Crippen molar-refractivity contribution in [2.24, 2.45) is 5.92 Å². The van der Waals surface area contributed by atoms with Crippen LogP contribution in [0.25, 0.3) is 0 Å². The van der Waals surface area contributed by atoms with Crippen LogP contribution in [0.3, 0.4) is 0 Å². The molecule has 2 rings (SSSR count). The number of methoxy groups -OCH3 is 1. The van der Waals surface area contributed by atoms with Crippen LogP contribution < -0.4 is 10.1 Å². The second kappa shape index (κ2) is 6.77. The lowest BCUT2D eigenvalue weighted by molar-refractivity contribution is 0.415. The van der Waals surface area contributed by atoms with Gasteiger partial charge in [0.25, 0.3) is 0 Å². The van der Waals surface area contributed by atoms with Crippen molar-refractivity contribution in [3.8, 4) is 5.75 Å². The summed E-state index contributed by atoms with van der Waals surface area (Å²) in [5, 5.41) is 12.3. The number of nitrogens with zero attached hydrogens (tertiary/aromatic N) is 2. The smallest absolute Gasteiger partial charge is 0.210 e. The van der Waals surface area contributed by atoms with Gasteiger partial charge in [-0.05, 0) is 18.1 Å². The summed E-state index contributed by atoms with van der Waals surface area (Å²) in [6, 6.07) is 7.76. The molecule has 1 heterocycles. The van der Waals surface area contributed by atoms with Gasteiger partial charge >= 0.3 is 0 Å². The molecular formula is C13H17N3OS2. The van der Waals surface area contributed by atoms with Gasteiger partial charge in [0, 0.05) is 17.5 Å². The van der Waals surface area contributed by atoms with Crippen LogP contribution >= 0.6 is 23.1 Å². The maximum absolute atomic E-state index is 5.19. The second-order valence-electron chi connectivity index (χ2n) is 4.43. The molecule has 0 aliphatic carbocycles. The Bertz CT molecular complexity index is 528. The second-order valence-corrected chi connectivity index (χ2v) is 6.68. The van der Waals surface area contributed by atoms with E-state index in [1.165, 1.54) is 0 Å². The minimum Gasteiger partial charge on any atom is -0.497 e. The fourth-order valence-electron chi connectivity index (χ4n) is 1.38. The molecule has 0 saturated heterocycles. The van der Waals surface area contributed by atoms with Crippen molar-refractivity contribution in [1.82, 2.24) is 10.2 Å². The number of thioether (sulfide) groups is 1. The molecule has 0 fully saturated rings. The average molecular weight is 295 g/mol. The number of hydrogen-bond donors (Lipinski definition) is 1. The van der Waals surface area contributed by atoms with Gasteiger partial charge in [0.2, 0.25) is 5.13 Å². The summed E-state index contributed by atoms with van der Waals surface area (Å²) in [6.45, 7) is 4.40. The molecular weight excluding hydrogens is 278 g/mol. The van der Waals surface area contributed by atoms with Crippen molar-refractivity contribution in [3.63, 3.8) is 0 Å². The molecule has 0 spiro atoms. The summed E-state index contributed by atoms with van der Waals surface area (Å²) in [7, 11) is 1.66. The highest BCUT2D eigenvalue weighted by atomic mass is 32.2. The van der Waals surface area contributed by atoms with Crippen LogP contribution in [0, 0.1) is 5.92 Å². The molecule has 0 unspecified atom stereocenters. The minimum atomic E-state index is 0.656. The molecule has 4 nitrogen and oxygen atoms in total.